The largest absolute Gasteiger partial charge is 0.493 e. The van der Waals surface area contributed by atoms with Gasteiger partial charge in [0.1, 0.15) is 5.82 Å². The molecule has 174 valence electrons. The van der Waals surface area contributed by atoms with Gasteiger partial charge < -0.3 is 23.8 Å². The van der Waals surface area contributed by atoms with Gasteiger partial charge in [-0.15, -0.1) is 0 Å². The molecule has 4 rings (SSSR count). The molecule has 8 heteroatoms. The summed E-state index contributed by atoms with van der Waals surface area (Å²) in [5.74, 6) is 2.85. The summed E-state index contributed by atoms with van der Waals surface area (Å²) in [6.45, 7) is 3.69. The number of esters is 1. The average Bonchev–Trinajstić information content (AvgIpc) is 2.87. The lowest BCUT2D eigenvalue weighted by Crippen LogP contribution is -2.37. The molecule has 1 aliphatic rings. The number of carbonyl (C=O) groups is 1. The fourth-order valence-electron chi connectivity index (χ4n) is 4.23. The third kappa shape index (κ3) is 4.51. The van der Waals surface area contributed by atoms with Crippen LogP contribution in [0.1, 0.15) is 19.8 Å². The van der Waals surface area contributed by atoms with E-state index in [1.807, 2.05) is 43.3 Å². The number of rotatable bonds is 7. The molecule has 3 aromatic rings. The number of aromatic nitrogens is 2. The Morgan fingerprint density at radius 3 is 2.27 bits per heavy atom. The topological polar surface area (TPSA) is 83.0 Å². The highest BCUT2D eigenvalue weighted by Crippen LogP contribution is 2.41. The quantitative estimate of drug-likeness (QED) is 0.497. The summed E-state index contributed by atoms with van der Waals surface area (Å²) in [6.07, 6.45) is 1.47. The number of anilines is 1. The summed E-state index contributed by atoms with van der Waals surface area (Å²) in [7, 11) is 4.74. The van der Waals surface area contributed by atoms with Crippen molar-refractivity contribution in [3.63, 3.8) is 0 Å². The zero-order valence-corrected chi connectivity index (χ0v) is 19.5. The molecule has 33 heavy (non-hydrogen) atoms. The number of nitrogens with zero attached hydrogens (tertiary/aromatic N) is 3. The highest BCUT2D eigenvalue weighted by Gasteiger charge is 2.28. The third-order valence-electron chi connectivity index (χ3n) is 5.92. The Labute approximate surface area is 193 Å². The zero-order chi connectivity index (χ0) is 23.4. The van der Waals surface area contributed by atoms with Gasteiger partial charge in [0.05, 0.1) is 39.4 Å². The number of piperidine rings is 1. The molecular weight excluding hydrogens is 422 g/mol. The Morgan fingerprint density at radius 2 is 1.67 bits per heavy atom. The van der Waals surface area contributed by atoms with Crippen LogP contribution in [0.5, 0.6) is 17.2 Å². The maximum Gasteiger partial charge on any atom is 0.309 e. The number of methoxy groups -OCH3 is 3. The lowest BCUT2D eigenvalue weighted by molar-refractivity contribution is -0.148. The van der Waals surface area contributed by atoms with Gasteiger partial charge in [-0.1, -0.05) is 12.1 Å². The molecule has 0 unspecified atom stereocenters. The minimum absolute atomic E-state index is 0.0658. The van der Waals surface area contributed by atoms with Gasteiger partial charge in [0.2, 0.25) is 5.75 Å². The number of carbonyl (C=O) groups excluding carboxylic acids is 1. The highest BCUT2D eigenvalue weighted by molar-refractivity contribution is 5.91. The van der Waals surface area contributed by atoms with Crippen molar-refractivity contribution in [3.05, 3.63) is 36.4 Å². The van der Waals surface area contributed by atoms with Crippen LogP contribution in [-0.2, 0) is 9.53 Å². The first-order chi connectivity index (χ1) is 16.1. The Bertz CT molecular complexity index is 1120. The summed E-state index contributed by atoms with van der Waals surface area (Å²) in [4.78, 5) is 24.2. The van der Waals surface area contributed by atoms with Crippen LogP contribution >= 0.6 is 0 Å². The van der Waals surface area contributed by atoms with Crippen molar-refractivity contribution in [2.45, 2.75) is 19.8 Å². The number of hydrogen-bond donors (Lipinski definition) is 0. The Hall–Kier alpha value is -3.55. The van der Waals surface area contributed by atoms with Crippen molar-refractivity contribution in [2.24, 2.45) is 5.92 Å². The molecule has 1 aromatic heterocycles. The molecule has 1 aliphatic heterocycles. The highest BCUT2D eigenvalue weighted by atomic mass is 16.5. The molecule has 0 aliphatic carbocycles. The summed E-state index contributed by atoms with van der Waals surface area (Å²) >= 11 is 0. The van der Waals surface area contributed by atoms with E-state index in [-0.39, 0.29) is 11.9 Å². The normalized spacial score (nSPS) is 14.2. The number of fused-ring (bicyclic) bond motifs is 1. The van der Waals surface area contributed by atoms with Gasteiger partial charge >= 0.3 is 5.97 Å². The molecule has 0 atom stereocenters. The molecule has 8 nitrogen and oxygen atoms in total. The lowest BCUT2D eigenvalue weighted by Gasteiger charge is -2.32. The molecule has 0 saturated carbocycles. The van der Waals surface area contributed by atoms with Gasteiger partial charge in [-0.25, -0.2) is 9.97 Å². The minimum atomic E-state index is -0.109. The first-order valence-corrected chi connectivity index (χ1v) is 11.1. The van der Waals surface area contributed by atoms with E-state index in [0.717, 1.165) is 48.2 Å². The standard InChI is InChI=1S/C25H29N3O5/c1-5-33-25(29)16-10-12-28(13-11-16)24-18-8-6-7-9-19(18)26-23(27-24)17-14-20(30-2)22(32-4)21(15-17)31-3/h6-9,14-16H,5,10-13H2,1-4H3. The SMILES string of the molecule is CCOC(=O)C1CCN(c2nc(-c3cc(OC)c(OC)c(OC)c3)nc3ccccc23)CC1. The maximum atomic E-state index is 12.2. The second kappa shape index (κ2) is 9.94. The predicted octanol–water partition coefficient (Wildman–Crippen LogP) is 4.10. The van der Waals surface area contributed by atoms with Crippen molar-refractivity contribution in [1.82, 2.24) is 9.97 Å². The fourth-order valence-corrected chi connectivity index (χ4v) is 4.23. The maximum absolute atomic E-state index is 12.2. The van der Waals surface area contributed by atoms with Gasteiger partial charge in [0.15, 0.2) is 17.3 Å². The van der Waals surface area contributed by atoms with Crippen LogP contribution in [0.4, 0.5) is 5.82 Å². The van der Waals surface area contributed by atoms with Crippen LogP contribution in [-0.4, -0.2) is 57.0 Å². The molecule has 2 aromatic carbocycles. The van der Waals surface area contributed by atoms with Crippen LogP contribution in [0.3, 0.4) is 0 Å². The van der Waals surface area contributed by atoms with E-state index in [4.69, 9.17) is 28.9 Å². The van der Waals surface area contributed by atoms with E-state index in [0.29, 0.717) is 29.7 Å². The fraction of sp³-hybridized carbons (Fsp3) is 0.400. The second-order valence-electron chi connectivity index (χ2n) is 7.82. The summed E-state index contributed by atoms with van der Waals surface area (Å²) in [6, 6.07) is 11.7. The number of ether oxygens (including phenoxy) is 4. The molecule has 0 N–H and O–H groups in total. The van der Waals surface area contributed by atoms with Crippen LogP contribution in [0, 0.1) is 5.92 Å². The van der Waals surface area contributed by atoms with Crippen LogP contribution in [0.25, 0.3) is 22.3 Å². The summed E-state index contributed by atoms with van der Waals surface area (Å²) in [5.41, 5.74) is 1.61. The Morgan fingerprint density at radius 1 is 1.00 bits per heavy atom. The summed E-state index contributed by atoms with van der Waals surface area (Å²) < 4.78 is 21.7. The van der Waals surface area contributed by atoms with Crippen molar-refractivity contribution in [1.29, 1.82) is 0 Å². The van der Waals surface area contributed by atoms with E-state index in [1.54, 1.807) is 21.3 Å². The number of para-hydroxylation sites is 1. The summed E-state index contributed by atoms with van der Waals surface area (Å²) in [5, 5.41) is 0.975. The first kappa shape index (κ1) is 22.6. The number of benzene rings is 2. The molecule has 2 heterocycles. The second-order valence-corrected chi connectivity index (χ2v) is 7.82. The third-order valence-corrected chi connectivity index (χ3v) is 5.92. The van der Waals surface area contributed by atoms with E-state index in [2.05, 4.69) is 4.90 Å². The molecule has 0 spiro atoms. The van der Waals surface area contributed by atoms with Crippen LogP contribution in [0.15, 0.2) is 36.4 Å². The molecule has 0 amide bonds. The molecule has 0 radical (unpaired) electrons. The van der Waals surface area contributed by atoms with Gasteiger partial charge in [-0.2, -0.15) is 0 Å². The predicted molar refractivity (Wildman–Crippen MR) is 126 cm³/mol. The number of hydrogen-bond acceptors (Lipinski definition) is 8. The van der Waals surface area contributed by atoms with Crippen molar-refractivity contribution < 1.29 is 23.7 Å². The minimum Gasteiger partial charge on any atom is -0.493 e. The van der Waals surface area contributed by atoms with Gasteiger partial charge in [0, 0.05) is 24.0 Å². The van der Waals surface area contributed by atoms with E-state index >= 15 is 0 Å². The van der Waals surface area contributed by atoms with Crippen LogP contribution < -0.4 is 19.1 Å². The van der Waals surface area contributed by atoms with Crippen LogP contribution in [0.2, 0.25) is 0 Å². The molecule has 1 fully saturated rings. The first-order valence-electron chi connectivity index (χ1n) is 11.1. The van der Waals surface area contributed by atoms with Crippen molar-refractivity contribution >= 4 is 22.7 Å². The zero-order valence-electron chi connectivity index (χ0n) is 19.5. The smallest absolute Gasteiger partial charge is 0.309 e. The van der Waals surface area contributed by atoms with E-state index in [1.165, 1.54) is 0 Å². The molecular formula is C25H29N3O5. The van der Waals surface area contributed by atoms with E-state index < -0.39 is 0 Å². The van der Waals surface area contributed by atoms with Gasteiger partial charge in [-0.05, 0) is 44.0 Å². The van der Waals surface area contributed by atoms with Crippen molar-refractivity contribution in [2.75, 3.05) is 45.9 Å². The molecule has 0 bridgehead atoms. The molecule has 1 saturated heterocycles. The van der Waals surface area contributed by atoms with E-state index in [9.17, 15) is 4.79 Å². The Kier molecular flexibility index (Phi) is 6.82. The van der Waals surface area contributed by atoms with Gasteiger partial charge in [-0.3, -0.25) is 4.79 Å². The lowest BCUT2D eigenvalue weighted by atomic mass is 9.97. The van der Waals surface area contributed by atoms with Gasteiger partial charge in [0.25, 0.3) is 0 Å². The monoisotopic (exact) mass is 451 g/mol. The average molecular weight is 452 g/mol. The Balaban J connectivity index is 1.74. The van der Waals surface area contributed by atoms with Crippen molar-refractivity contribution in [3.8, 4) is 28.6 Å².